The molecule has 2 heteroatoms. The minimum atomic E-state index is 0.872. The van der Waals surface area contributed by atoms with Gasteiger partial charge in [0.05, 0.1) is 0 Å². The van der Waals surface area contributed by atoms with E-state index >= 15 is 0 Å². The van der Waals surface area contributed by atoms with E-state index in [-0.39, 0.29) is 0 Å². The van der Waals surface area contributed by atoms with Crippen LogP contribution in [0.4, 0.5) is 0 Å². The smallest absolute Gasteiger partial charge is 0.159 e. The van der Waals surface area contributed by atoms with E-state index < -0.39 is 0 Å². The van der Waals surface area contributed by atoms with E-state index in [1.807, 2.05) is 0 Å². The number of hydrogen-bond donors (Lipinski definition) is 0. The summed E-state index contributed by atoms with van der Waals surface area (Å²) in [6, 6.07) is 13.4. The number of hydrogen-bond acceptors (Lipinski definition) is 2. The van der Waals surface area contributed by atoms with Crippen LogP contribution in [-0.4, -0.2) is 9.97 Å². The maximum absolute atomic E-state index is 4.90. The second-order valence-corrected chi connectivity index (χ2v) is 8.20. The van der Waals surface area contributed by atoms with Gasteiger partial charge in [0.1, 0.15) is 0 Å². The van der Waals surface area contributed by atoms with Crippen molar-refractivity contribution in [1.82, 2.24) is 9.97 Å². The maximum Gasteiger partial charge on any atom is 0.159 e. The van der Waals surface area contributed by atoms with E-state index in [0.29, 0.717) is 0 Å². The van der Waals surface area contributed by atoms with Gasteiger partial charge in [-0.05, 0) is 53.5 Å². The summed E-state index contributed by atoms with van der Waals surface area (Å²) in [4.78, 5) is 9.80. The molecule has 158 valence electrons. The first-order valence-electron chi connectivity index (χ1n) is 11.8. The zero-order valence-electron chi connectivity index (χ0n) is 19.2. The van der Waals surface area contributed by atoms with Gasteiger partial charge in [-0.15, -0.1) is 0 Å². The Morgan fingerprint density at radius 3 is 1.27 bits per heavy atom. The predicted molar refractivity (Wildman–Crippen MR) is 129 cm³/mol. The number of benzene rings is 2. The normalized spacial score (nSPS) is 11.1. The molecule has 2 nitrogen and oxygen atoms in total. The molecule has 0 bridgehead atoms. The minimum absolute atomic E-state index is 0.872. The molecule has 0 saturated carbocycles. The zero-order valence-corrected chi connectivity index (χ0v) is 19.2. The Balaban J connectivity index is 2.07. The Kier molecular flexibility index (Phi) is 8.19. The summed E-state index contributed by atoms with van der Waals surface area (Å²) in [5.74, 6) is 0.872. The molecule has 0 fully saturated rings. The molecule has 0 aliphatic heterocycles. The average Bonchev–Trinajstić information content (AvgIpc) is 2.76. The summed E-state index contributed by atoms with van der Waals surface area (Å²) < 4.78 is 0. The van der Waals surface area contributed by atoms with E-state index in [2.05, 4.69) is 76.5 Å². The third-order valence-electron chi connectivity index (χ3n) is 5.72. The molecule has 3 aromatic rings. The number of aromatic nitrogens is 2. The first-order valence-corrected chi connectivity index (χ1v) is 11.8. The lowest BCUT2D eigenvalue weighted by molar-refractivity contribution is 0.892. The van der Waals surface area contributed by atoms with Gasteiger partial charge >= 0.3 is 0 Å². The topological polar surface area (TPSA) is 25.8 Å². The molecule has 0 atom stereocenters. The van der Waals surface area contributed by atoms with Crippen molar-refractivity contribution >= 4 is 0 Å². The monoisotopic (exact) mass is 400 g/mol. The van der Waals surface area contributed by atoms with Crippen molar-refractivity contribution in [1.29, 1.82) is 0 Å². The molecular formula is C28H36N2. The van der Waals surface area contributed by atoms with Crippen LogP contribution in [0.25, 0.3) is 22.5 Å². The lowest BCUT2D eigenvalue weighted by Crippen LogP contribution is -2.01. The van der Waals surface area contributed by atoms with Crippen molar-refractivity contribution < 1.29 is 0 Å². The summed E-state index contributed by atoms with van der Waals surface area (Å²) in [7, 11) is 0. The lowest BCUT2D eigenvalue weighted by Gasteiger charge is -2.16. The van der Waals surface area contributed by atoms with Crippen molar-refractivity contribution in [3.8, 4) is 22.5 Å². The van der Waals surface area contributed by atoms with Gasteiger partial charge in [0, 0.05) is 23.5 Å². The molecule has 2 aromatic carbocycles. The molecule has 0 N–H and O–H groups in total. The standard InChI is InChI=1S/C28H36N2/c1-5-11-21-15-9-16-22(12-6-2)26(21)25-19-29-28(30-20-25)27-23(13-7-3)17-10-18-24(27)14-8-4/h9-10,15-20H,5-8,11-14H2,1-4H3. The number of rotatable bonds is 10. The van der Waals surface area contributed by atoms with Crippen LogP contribution in [-0.2, 0) is 25.7 Å². The van der Waals surface area contributed by atoms with E-state index in [1.165, 1.54) is 33.4 Å². The minimum Gasteiger partial charge on any atom is -0.236 e. The Morgan fingerprint density at radius 1 is 0.533 bits per heavy atom. The van der Waals surface area contributed by atoms with E-state index in [0.717, 1.165) is 62.8 Å². The van der Waals surface area contributed by atoms with Crippen LogP contribution in [0.1, 0.15) is 75.6 Å². The van der Waals surface area contributed by atoms with Crippen LogP contribution >= 0.6 is 0 Å². The van der Waals surface area contributed by atoms with Gasteiger partial charge < -0.3 is 0 Å². The van der Waals surface area contributed by atoms with Gasteiger partial charge in [0.2, 0.25) is 0 Å². The highest BCUT2D eigenvalue weighted by atomic mass is 14.9. The second kappa shape index (κ2) is 11.1. The Labute approximate surface area is 182 Å². The van der Waals surface area contributed by atoms with Gasteiger partial charge in [-0.25, -0.2) is 9.97 Å². The average molecular weight is 401 g/mol. The number of aryl methyl sites for hydroxylation is 4. The molecule has 0 saturated heterocycles. The van der Waals surface area contributed by atoms with Gasteiger partial charge in [0.25, 0.3) is 0 Å². The molecule has 0 unspecified atom stereocenters. The first kappa shape index (κ1) is 22.2. The number of nitrogens with zero attached hydrogens (tertiary/aromatic N) is 2. The Bertz CT molecular complexity index is 814. The third kappa shape index (κ3) is 4.98. The van der Waals surface area contributed by atoms with Gasteiger partial charge in [-0.2, -0.15) is 0 Å². The highest BCUT2D eigenvalue weighted by Crippen LogP contribution is 2.32. The van der Waals surface area contributed by atoms with Crippen molar-refractivity contribution in [2.75, 3.05) is 0 Å². The maximum atomic E-state index is 4.90. The Hall–Kier alpha value is -2.48. The molecule has 1 heterocycles. The fraction of sp³-hybridized carbons (Fsp3) is 0.429. The largest absolute Gasteiger partial charge is 0.236 e. The molecule has 3 rings (SSSR count). The molecule has 0 aliphatic rings. The quantitative estimate of drug-likeness (QED) is 0.350. The Morgan fingerprint density at radius 2 is 0.900 bits per heavy atom. The highest BCUT2D eigenvalue weighted by molar-refractivity contribution is 5.72. The van der Waals surface area contributed by atoms with Crippen LogP contribution in [0, 0.1) is 0 Å². The van der Waals surface area contributed by atoms with Crippen molar-refractivity contribution in [2.45, 2.75) is 79.1 Å². The molecule has 0 amide bonds. The molecule has 30 heavy (non-hydrogen) atoms. The third-order valence-corrected chi connectivity index (χ3v) is 5.72. The van der Waals surface area contributed by atoms with E-state index in [1.54, 1.807) is 0 Å². The van der Waals surface area contributed by atoms with E-state index in [4.69, 9.17) is 9.97 Å². The van der Waals surface area contributed by atoms with Crippen molar-refractivity contribution in [2.24, 2.45) is 0 Å². The van der Waals surface area contributed by atoms with Crippen LogP contribution in [0.5, 0.6) is 0 Å². The van der Waals surface area contributed by atoms with Gasteiger partial charge in [-0.3, -0.25) is 0 Å². The van der Waals surface area contributed by atoms with Gasteiger partial charge in [0.15, 0.2) is 5.82 Å². The fourth-order valence-corrected chi connectivity index (χ4v) is 4.46. The molecular weight excluding hydrogens is 364 g/mol. The summed E-state index contributed by atoms with van der Waals surface area (Å²) in [5, 5.41) is 0. The zero-order chi connectivity index (χ0) is 21.3. The second-order valence-electron chi connectivity index (χ2n) is 8.20. The summed E-state index contributed by atoms with van der Waals surface area (Å²) in [6.07, 6.45) is 13.0. The molecule has 0 spiro atoms. The molecule has 1 aromatic heterocycles. The predicted octanol–water partition coefficient (Wildman–Crippen LogP) is 7.62. The summed E-state index contributed by atoms with van der Waals surface area (Å²) in [5.41, 5.74) is 9.32. The lowest BCUT2D eigenvalue weighted by atomic mass is 9.91. The van der Waals surface area contributed by atoms with Crippen LogP contribution in [0.3, 0.4) is 0 Å². The van der Waals surface area contributed by atoms with Crippen LogP contribution in [0.2, 0.25) is 0 Å². The fourth-order valence-electron chi connectivity index (χ4n) is 4.46. The van der Waals surface area contributed by atoms with Gasteiger partial charge in [-0.1, -0.05) is 89.8 Å². The van der Waals surface area contributed by atoms with E-state index in [9.17, 15) is 0 Å². The molecule has 0 radical (unpaired) electrons. The van der Waals surface area contributed by atoms with Crippen LogP contribution in [0.15, 0.2) is 48.8 Å². The van der Waals surface area contributed by atoms with Crippen molar-refractivity contribution in [3.63, 3.8) is 0 Å². The first-order chi connectivity index (χ1) is 14.7. The molecule has 0 aliphatic carbocycles. The van der Waals surface area contributed by atoms with Crippen molar-refractivity contribution in [3.05, 3.63) is 71.0 Å². The summed E-state index contributed by atoms with van der Waals surface area (Å²) in [6.45, 7) is 8.96. The highest BCUT2D eigenvalue weighted by Gasteiger charge is 2.15. The summed E-state index contributed by atoms with van der Waals surface area (Å²) >= 11 is 0. The SMILES string of the molecule is CCCc1cccc(CCC)c1-c1cnc(-c2c(CCC)cccc2CCC)nc1. The van der Waals surface area contributed by atoms with Crippen LogP contribution < -0.4 is 0 Å².